The van der Waals surface area contributed by atoms with E-state index < -0.39 is 5.54 Å². The molecular weight excluding hydrogens is 474 g/mol. The summed E-state index contributed by atoms with van der Waals surface area (Å²) in [5.74, 6) is 2.62. The van der Waals surface area contributed by atoms with E-state index in [1.807, 2.05) is 97.1 Å². The monoisotopic (exact) mass is 499 g/mol. The lowest BCUT2D eigenvalue weighted by Gasteiger charge is -2.32. The van der Waals surface area contributed by atoms with Crippen LogP contribution in [-0.4, -0.2) is 5.91 Å². The zero-order valence-corrected chi connectivity index (χ0v) is 20.4. The molecule has 0 unspecified atom stereocenters. The summed E-state index contributed by atoms with van der Waals surface area (Å²) in [6, 6.07) is 37.7. The maximum absolute atomic E-state index is 13.1. The number of hydrogen-bond acceptors (Lipinski definition) is 5. The summed E-state index contributed by atoms with van der Waals surface area (Å²) in [4.78, 5) is 13.1. The van der Waals surface area contributed by atoms with Crippen LogP contribution >= 0.6 is 0 Å². The van der Waals surface area contributed by atoms with Crippen LogP contribution in [0.4, 0.5) is 11.4 Å². The number of hydrogen-bond donors (Lipinski definition) is 3. The van der Waals surface area contributed by atoms with E-state index in [0.29, 0.717) is 39.9 Å². The molecule has 6 rings (SSSR count). The SMILES string of the molecule is Nc1ccc(Oc2ccc(C3(c4ccc(Oc5ccc(N)cc5)cc4)NC(=O)c4ccccc43)cc2)cc1. The van der Waals surface area contributed by atoms with Gasteiger partial charge in [0.15, 0.2) is 0 Å². The van der Waals surface area contributed by atoms with Gasteiger partial charge in [-0.3, -0.25) is 4.79 Å². The molecule has 0 bridgehead atoms. The van der Waals surface area contributed by atoms with Crippen molar-refractivity contribution in [3.8, 4) is 23.0 Å². The molecular formula is C32H25N3O3. The first-order valence-electron chi connectivity index (χ1n) is 12.2. The highest BCUT2D eigenvalue weighted by atomic mass is 16.5. The van der Waals surface area contributed by atoms with Crippen LogP contribution in [0.1, 0.15) is 27.0 Å². The third-order valence-electron chi connectivity index (χ3n) is 6.68. The summed E-state index contributed by atoms with van der Waals surface area (Å²) >= 11 is 0. The Bertz CT molecular complexity index is 1500. The zero-order valence-electron chi connectivity index (χ0n) is 20.4. The molecule has 6 heteroatoms. The Kier molecular flexibility index (Phi) is 5.69. The number of benzene rings is 5. The van der Waals surface area contributed by atoms with E-state index in [1.165, 1.54) is 0 Å². The van der Waals surface area contributed by atoms with Gasteiger partial charge in [-0.2, -0.15) is 0 Å². The van der Waals surface area contributed by atoms with Crippen LogP contribution in [0.3, 0.4) is 0 Å². The van der Waals surface area contributed by atoms with Gasteiger partial charge in [-0.05, 0) is 95.6 Å². The highest BCUT2D eigenvalue weighted by Gasteiger charge is 2.45. The number of carbonyl (C=O) groups is 1. The van der Waals surface area contributed by atoms with Gasteiger partial charge in [-0.1, -0.05) is 42.5 Å². The number of amides is 1. The minimum absolute atomic E-state index is 0.120. The van der Waals surface area contributed by atoms with Crippen LogP contribution in [0.15, 0.2) is 121 Å². The van der Waals surface area contributed by atoms with Gasteiger partial charge in [0.25, 0.3) is 5.91 Å². The van der Waals surface area contributed by atoms with Gasteiger partial charge in [0, 0.05) is 16.9 Å². The van der Waals surface area contributed by atoms with Crippen molar-refractivity contribution in [2.75, 3.05) is 11.5 Å². The van der Waals surface area contributed by atoms with Crippen LogP contribution in [0.25, 0.3) is 0 Å². The molecule has 0 spiro atoms. The fourth-order valence-electron chi connectivity index (χ4n) is 4.82. The molecule has 0 fully saturated rings. The third kappa shape index (κ3) is 4.18. The van der Waals surface area contributed by atoms with Crippen molar-refractivity contribution in [2.24, 2.45) is 0 Å². The second kappa shape index (κ2) is 9.33. The molecule has 0 aliphatic carbocycles. The van der Waals surface area contributed by atoms with Crippen molar-refractivity contribution >= 4 is 17.3 Å². The third-order valence-corrected chi connectivity index (χ3v) is 6.68. The largest absolute Gasteiger partial charge is 0.457 e. The molecule has 1 heterocycles. The number of nitrogen functional groups attached to an aromatic ring is 2. The lowest BCUT2D eigenvalue weighted by molar-refractivity contribution is 0.0948. The van der Waals surface area contributed by atoms with Crippen LogP contribution in [0.5, 0.6) is 23.0 Å². The Morgan fingerprint density at radius 3 is 1.37 bits per heavy atom. The second-order valence-corrected chi connectivity index (χ2v) is 9.14. The topological polar surface area (TPSA) is 99.6 Å². The molecule has 5 N–H and O–H groups in total. The van der Waals surface area contributed by atoms with E-state index >= 15 is 0 Å². The van der Waals surface area contributed by atoms with E-state index in [4.69, 9.17) is 20.9 Å². The molecule has 186 valence electrons. The predicted molar refractivity (Wildman–Crippen MR) is 149 cm³/mol. The summed E-state index contributed by atoms with van der Waals surface area (Å²) in [5, 5.41) is 3.27. The lowest BCUT2D eigenvalue weighted by atomic mass is 9.78. The Hall–Kier alpha value is -5.23. The van der Waals surface area contributed by atoms with Crippen molar-refractivity contribution in [1.29, 1.82) is 0 Å². The number of carbonyl (C=O) groups excluding carboxylic acids is 1. The first kappa shape index (κ1) is 23.2. The van der Waals surface area contributed by atoms with Gasteiger partial charge in [-0.15, -0.1) is 0 Å². The molecule has 6 nitrogen and oxygen atoms in total. The van der Waals surface area contributed by atoms with Crippen molar-refractivity contribution in [3.63, 3.8) is 0 Å². The Balaban J connectivity index is 1.37. The average Bonchev–Trinajstić information content (AvgIpc) is 3.25. The molecule has 0 saturated heterocycles. The van der Waals surface area contributed by atoms with E-state index in [-0.39, 0.29) is 5.91 Å². The predicted octanol–water partition coefficient (Wildman–Crippen LogP) is 6.47. The van der Waals surface area contributed by atoms with Crippen molar-refractivity contribution in [1.82, 2.24) is 5.32 Å². The number of ether oxygens (including phenoxy) is 2. The van der Waals surface area contributed by atoms with Gasteiger partial charge in [0.2, 0.25) is 0 Å². The first-order chi connectivity index (χ1) is 18.5. The number of nitrogens with one attached hydrogen (secondary N) is 1. The van der Waals surface area contributed by atoms with Crippen LogP contribution < -0.4 is 26.3 Å². The maximum Gasteiger partial charge on any atom is 0.252 e. The first-order valence-corrected chi connectivity index (χ1v) is 12.2. The number of nitrogens with two attached hydrogens (primary N) is 2. The molecule has 38 heavy (non-hydrogen) atoms. The molecule has 0 saturated carbocycles. The maximum atomic E-state index is 13.1. The van der Waals surface area contributed by atoms with Gasteiger partial charge in [-0.25, -0.2) is 0 Å². The minimum atomic E-state index is -0.868. The summed E-state index contributed by atoms with van der Waals surface area (Å²) in [6.07, 6.45) is 0. The minimum Gasteiger partial charge on any atom is -0.457 e. The van der Waals surface area contributed by atoms with Crippen molar-refractivity contribution in [2.45, 2.75) is 5.54 Å². The Morgan fingerprint density at radius 1 is 0.526 bits per heavy atom. The number of fused-ring (bicyclic) bond motifs is 1. The van der Waals surface area contributed by atoms with E-state index in [0.717, 1.165) is 16.7 Å². The average molecular weight is 500 g/mol. The van der Waals surface area contributed by atoms with Gasteiger partial charge < -0.3 is 26.3 Å². The highest BCUT2D eigenvalue weighted by Crippen LogP contribution is 2.43. The summed E-state index contributed by atoms with van der Waals surface area (Å²) in [6.45, 7) is 0. The Labute approximate surface area is 220 Å². The smallest absolute Gasteiger partial charge is 0.252 e. The van der Waals surface area contributed by atoms with Crippen molar-refractivity contribution < 1.29 is 14.3 Å². The van der Waals surface area contributed by atoms with Gasteiger partial charge in [0.05, 0.1) is 0 Å². The van der Waals surface area contributed by atoms with E-state index in [9.17, 15) is 4.79 Å². The number of anilines is 2. The molecule has 0 radical (unpaired) electrons. The molecule has 0 aromatic heterocycles. The van der Waals surface area contributed by atoms with Gasteiger partial charge in [0.1, 0.15) is 28.5 Å². The van der Waals surface area contributed by atoms with Crippen LogP contribution in [-0.2, 0) is 5.54 Å². The molecule has 0 atom stereocenters. The second-order valence-electron chi connectivity index (χ2n) is 9.14. The highest BCUT2D eigenvalue weighted by molar-refractivity contribution is 6.01. The summed E-state index contributed by atoms with van der Waals surface area (Å²) in [5.41, 5.74) is 15.4. The fourth-order valence-corrected chi connectivity index (χ4v) is 4.82. The Morgan fingerprint density at radius 2 is 0.921 bits per heavy atom. The quantitative estimate of drug-likeness (QED) is 0.233. The summed E-state index contributed by atoms with van der Waals surface area (Å²) in [7, 11) is 0. The normalized spacial score (nSPS) is 13.4. The lowest BCUT2D eigenvalue weighted by Crippen LogP contribution is -2.41. The fraction of sp³-hybridized carbons (Fsp3) is 0.0312. The standard InChI is InChI=1S/C32H25N3O3/c33-23-9-17-27(18-10-23)37-25-13-5-21(6-14-25)32(30-4-2-1-3-29(30)31(36)35-32)22-7-15-26(16-8-22)38-28-19-11-24(34)12-20-28/h1-20H,33-34H2,(H,35,36). The zero-order chi connectivity index (χ0) is 26.1. The van der Waals surface area contributed by atoms with Gasteiger partial charge >= 0.3 is 0 Å². The summed E-state index contributed by atoms with van der Waals surface area (Å²) < 4.78 is 12.0. The van der Waals surface area contributed by atoms with E-state index in [1.54, 1.807) is 24.3 Å². The number of rotatable bonds is 6. The van der Waals surface area contributed by atoms with Crippen LogP contribution in [0.2, 0.25) is 0 Å². The van der Waals surface area contributed by atoms with Crippen molar-refractivity contribution in [3.05, 3.63) is 144 Å². The molecule has 1 amide bonds. The van der Waals surface area contributed by atoms with E-state index in [2.05, 4.69) is 5.32 Å². The van der Waals surface area contributed by atoms with Crippen LogP contribution in [0, 0.1) is 0 Å². The molecule has 1 aliphatic heterocycles. The molecule has 5 aromatic rings. The molecule has 1 aliphatic rings. The molecule has 5 aromatic carbocycles.